The molecule has 0 atom stereocenters. The van der Waals surface area contributed by atoms with Crippen molar-refractivity contribution in [3.8, 4) is 0 Å². The van der Waals surface area contributed by atoms with E-state index in [9.17, 15) is 18.8 Å². The van der Waals surface area contributed by atoms with Gasteiger partial charge in [-0.15, -0.1) is 0 Å². The Morgan fingerprint density at radius 3 is 2.77 bits per heavy atom. The highest BCUT2D eigenvalue weighted by atomic mass is 32.2. The maximum absolute atomic E-state index is 13.5. The molecule has 4 rings (SSSR count). The van der Waals surface area contributed by atoms with E-state index in [1.165, 1.54) is 12.1 Å². The first-order valence-corrected chi connectivity index (χ1v) is 10.7. The summed E-state index contributed by atoms with van der Waals surface area (Å²) in [7, 11) is 0. The number of carbonyl (C=O) groups is 3. The summed E-state index contributed by atoms with van der Waals surface area (Å²) in [4.78, 5) is 41.4. The lowest BCUT2D eigenvalue weighted by molar-refractivity contribution is -0.124. The Hall–Kier alpha value is -3.39. The molecule has 1 aromatic heterocycles. The number of amides is 3. The molecule has 0 aliphatic carbocycles. The van der Waals surface area contributed by atoms with Gasteiger partial charge < -0.3 is 10.3 Å². The van der Waals surface area contributed by atoms with Gasteiger partial charge in [0, 0.05) is 36.6 Å². The van der Waals surface area contributed by atoms with Gasteiger partial charge in [0.25, 0.3) is 11.1 Å². The Balaban J connectivity index is 1.27. The number of rotatable bonds is 7. The standard InChI is InChI=1S/C23H20FN3O3S/c24-17-6-7-19-18(13-17)16(14-26-19)8-10-25-21(28)9-11-27-22(29)20(31-23(27)30)12-15-4-2-1-3-5-15/h1-7,12-14,26H,8-11H2,(H,25,28)/b20-12-. The first-order valence-electron chi connectivity index (χ1n) is 9.84. The van der Waals surface area contributed by atoms with Gasteiger partial charge in [-0.05, 0) is 53.6 Å². The van der Waals surface area contributed by atoms with Crippen molar-refractivity contribution in [2.24, 2.45) is 0 Å². The molecule has 2 aromatic carbocycles. The zero-order valence-electron chi connectivity index (χ0n) is 16.6. The summed E-state index contributed by atoms with van der Waals surface area (Å²) in [6.45, 7) is 0.402. The maximum atomic E-state index is 13.5. The highest BCUT2D eigenvalue weighted by molar-refractivity contribution is 8.18. The molecular weight excluding hydrogens is 417 g/mol. The van der Waals surface area contributed by atoms with Crippen LogP contribution in [0.25, 0.3) is 17.0 Å². The van der Waals surface area contributed by atoms with Crippen molar-refractivity contribution in [3.05, 3.63) is 76.6 Å². The van der Waals surface area contributed by atoms with Crippen LogP contribution >= 0.6 is 11.8 Å². The number of fused-ring (bicyclic) bond motifs is 1. The maximum Gasteiger partial charge on any atom is 0.293 e. The molecule has 31 heavy (non-hydrogen) atoms. The van der Waals surface area contributed by atoms with Crippen molar-refractivity contribution in [1.29, 1.82) is 0 Å². The molecular formula is C23H20FN3O3S. The number of hydrogen-bond acceptors (Lipinski definition) is 4. The van der Waals surface area contributed by atoms with E-state index in [0.717, 1.165) is 38.7 Å². The van der Waals surface area contributed by atoms with E-state index in [2.05, 4.69) is 10.3 Å². The summed E-state index contributed by atoms with van der Waals surface area (Å²) >= 11 is 0.879. The van der Waals surface area contributed by atoms with Crippen LogP contribution in [-0.2, 0) is 16.0 Å². The van der Waals surface area contributed by atoms with Crippen LogP contribution < -0.4 is 5.32 Å². The number of H-pyrrole nitrogens is 1. The van der Waals surface area contributed by atoms with Crippen LogP contribution in [0.1, 0.15) is 17.5 Å². The number of thioether (sulfide) groups is 1. The molecule has 0 saturated carbocycles. The normalized spacial score (nSPS) is 15.3. The third-order valence-corrected chi connectivity index (χ3v) is 5.89. The Morgan fingerprint density at radius 1 is 1.16 bits per heavy atom. The molecule has 1 fully saturated rings. The van der Waals surface area contributed by atoms with Crippen molar-refractivity contribution >= 4 is 45.8 Å². The largest absolute Gasteiger partial charge is 0.361 e. The molecule has 1 saturated heterocycles. The molecule has 0 unspecified atom stereocenters. The van der Waals surface area contributed by atoms with E-state index in [1.54, 1.807) is 18.3 Å². The van der Waals surface area contributed by atoms with Crippen molar-refractivity contribution in [2.45, 2.75) is 12.8 Å². The van der Waals surface area contributed by atoms with E-state index in [4.69, 9.17) is 0 Å². The molecule has 1 aliphatic heterocycles. The number of nitrogens with zero attached hydrogens (tertiary/aromatic N) is 1. The molecule has 0 radical (unpaired) electrons. The monoisotopic (exact) mass is 437 g/mol. The van der Waals surface area contributed by atoms with Gasteiger partial charge in [0.2, 0.25) is 5.91 Å². The van der Waals surface area contributed by atoms with E-state index in [-0.39, 0.29) is 35.8 Å². The third kappa shape index (κ3) is 4.86. The van der Waals surface area contributed by atoms with Gasteiger partial charge in [-0.1, -0.05) is 30.3 Å². The Morgan fingerprint density at radius 2 is 1.97 bits per heavy atom. The summed E-state index contributed by atoms with van der Waals surface area (Å²) in [6, 6.07) is 13.8. The van der Waals surface area contributed by atoms with E-state index < -0.39 is 0 Å². The van der Waals surface area contributed by atoms with Gasteiger partial charge in [-0.25, -0.2) is 4.39 Å². The van der Waals surface area contributed by atoms with Crippen LogP contribution in [0, 0.1) is 5.82 Å². The van der Waals surface area contributed by atoms with Gasteiger partial charge in [0.15, 0.2) is 0 Å². The molecule has 3 aromatic rings. The number of aromatic nitrogens is 1. The molecule has 0 spiro atoms. The molecule has 6 nitrogen and oxygen atoms in total. The smallest absolute Gasteiger partial charge is 0.293 e. The molecule has 1 aliphatic rings. The first kappa shape index (κ1) is 20.9. The molecule has 8 heteroatoms. The average molecular weight is 437 g/mol. The topological polar surface area (TPSA) is 82.3 Å². The van der Waals surface area contributed by atoms with Crippen molar-refractivity contribution < 1.29 is 18.8 Å². The number of halogens is 1. The lowest BCUT2D eigenvalue weighted by atomic mass is 10.1. The van der Waals surface area contributed by atoms with Crippen LogP contribution in [0.5, 0.6) is 0 Å². The second-order valence-electron chi connectivity index (χ2n) is 7.10. The minimum Gasteiger partial charge on any atom is -0.361 e. The second kappa shape index (κ2) is 9.18. The number of imide groups is 1. The van der Waals surface area contributed by atoms with E-state index in [0.29, 0.717) is 17.9 Å². The van der Waals surface area contributed by atoms with Crippen molar-refractivity contribution in [3.63, 3.8) is 0 Å². The number of nitrogens with one attached hydrogen (secondary N) is 2. The predicted molar refractivity (Wildman–Crippen MR) is 119 cm³/mol. The zero-order chi connectivity index (χ0) is 21.8. The molecule has 2 heterocycles. The van der Waals surface area contributed by atoms with Gasteiger partial charge in [-0.3, -0.25) is 19.3 Å². The third-order valence-electron chi connectivity index (χ3n) is 4.98. The van der Waals surface area contributed by atoms with Gasteiger partial charge in [-0.2, -0.15) is 0 Å². The highest BCUT2D eigenvalue weighted by Crippen LogP contribution is 2.32. The molecule has 3 amide bonds. The summed E-state index contributed by atoms with van der Waals surface area (Å²) in [6.07, 6.45) is 4.04. The fourth-order valence-electron chi connectivity index (χ4n) is 3.39. The quantitative estimate of drug-likeness (QED) is 0.546. The van der Waals surface area contributed by atoms with Crippen LogP contribution in [0.3, 0.4) is 0 Å². The van der Waals surface area contributed by atoms with Gasteiger partial charge >= 0.3 is 0 Å². The molecule has 0 bridgehead atoms. The minimum atomic E-state index is -0.382. The molecule has 2 N–H and O–H groups in total. The lowest BCUT2D eigenvalue weighted by Gasteiger charge is -2.12. The fraction of sp³-hybridized carbons (Fsp3) is 0.174. The summed E-state index contributed by atoms with van der Waals surface area (Å²) in [5, 5.41) is 3.20. The van der Waals surface area contributed by atoms with E-state index in [1.807, 2.05) is 30.3 Å². The zero-order valence-corrected chi connectivity index (χ0v) is 17.4. The summed E-state index contributed by atoms with van der Waals surface area (Å²) in [5.74, 6) is -0.944. The van der Waals surface area contributed by atoms with Crippen molar-refractivity contribution in [1.82, 2.24) is 15.2 Å². The fourth-order valence-corrected chi connectivity index (χ4v) is 4.25. The highest BCUT2D eigenvalue weighted by Gasteiger charge is 2.34. The summed E-state index contributed by atoms with van der Waals surface area (Å²) < 4.78 is 13.5. The van der Waals surface area contributed by atoms with Crippen LogP contribution in [0.2, 0.25) is 0 Å². The number of aromatic amines is 1. The number of carbonyl (C=O) groups excluding carboxylic acids is 3. The Labute approximate surface area is 182 Å². The van der Waals surface area contributed by atoms with Crippen LogP contribution in [0.15, 0.2) is 59.6 Å². The average Bonchev–Trinajstić information content (AvgIpc) is 3.27. The minimum absolute atomic E-state index is 0.0270. The van der Waals surface area contributed by atoms with Crippen LogP contribution in [-0.4, -0.2) is 40.0 Å². The number of benzene rings is 2. The second-order valence-corrected chi connectivity index (χ2v) is 8.09. The Bertz CT molecular complexity index is 1170. The predicted octanol–water partition coefficient (Wildman–Crippen LogP) is 4.09. The Kier molecular flexibility index (Phi) is 6.18. The van der Waals surface area contributed by atoms with Crippen molar-refractivity contribution in [2.75, 3.05) is 13.1 Å². The molecule has 158 valence electrons. The van der Waals surface area contributed by atoms with Crippen LogP contribution in [0.4, 0.5) is 9.18 Å². The SMILES string of the molecule is O=C(CCN1C(=O)S/C(=C\c2ccccc2)C1=O)NCCc1c[nH]c2ccc(F)cc12. The number of hydrogen-bond donors (Lipinski definition) is 2. The first-order chi connectivity index (χ1) is 15.0. The van der Waals surface area contributed by atoms with E-state index >= 15 is 0 Å². The summed E-state index contributed by atoms with van der Waals surface area (Å²) in [5.41, 5.74) is 2.58. The lowest BCUT2D eigenvalue weighted by Crippen LogP contribution is -2.34. The van der Waals surface area contributed by atoms with Gasteiger partial charge in [0.05, 0.1) is 4.91 Å². The van der Waals surface area contributed by atoms with Gasteiger partial charge in [0.1, 0.15) is 5.82 Å².